The maximum Gasteiger partial charge on any atom is 0.124 e. The van der Waals surface area contributed by atoms with Gasteiger partial charge in [0.25, 0.3) is 0 Å². The third-order valence-electron chi connectivity index (χ3n) is 2.64. The van der Waals surface area contributed by atoms with Gasteiger partial charge in [0.15, 0.2) is 0 Å². The number of hydrogen-bond acceptors (Lipinski definition) is 2. The lowest BCUT2D eigenvalue weighted by Crippen LogP contribution is -2.20. The molecule has 17 heavy (non-hydrogen) atoms. The normalized spacial score (nSPS) is 12.6. The molecule has 0 aliphatic rings. The number of aromatic amines is 1. The van der Waals surface area contributed by atoms with Crippen LogP contribution in [0.4, 0.5) is 4.39 Å². The molecule has 0 aliphatic carbocycles. The van der Waals surface area contributed by atoms with E-state index in [-0.39, 0.29) is 11.9 Å². The fraction of sp³-hybridized carbons (Fsp3) is 0.250. The molecule has 5 heteroatoms. The molecule has 0 bridgehead atoms. The van der Waals surface area contributed by atoms with E-state index in [9.17, 15) is 4.39 Å². The van der Waals surface area contributed by atoms with E-state index in [0.717, 1.165) is 22.3 Å². The van der Waals surface area contributed by atoms with E-state index in [1.807, 2.05) is 7.05 Å². The topological polar surface area (TPSA) is 40.7 Å². The first-order valence-electron chi connectivity index (χ1n) is 5.31. The van der Waals surface area contributed by atoms with Crippen LogP contribution in [-0.2, 0) is 6.42 Å². The van der Waals surface area contributed by atoms with Crippen LogP contribution in [0.25, 0.3) is 0 Å². The van der Waals surface area contributed by atoms with Gasteiger partial charge in [0.05, 0.1) is 6.04 Å². The van der Waals surface area contributed by atoms with E-state index in [0.29, 0.717) is 0 Å². The minimum atomic E-state index is -0.236. The smallest absolute Gasteiger partial charge is 0.124 e. The molecule has 0 spiro atoms. The average Bonchev–Trinajstić information content (AvgIpc) is 2.81. The predicted octanol–water partition coefficient (Wildman–Crippen LogP) is 2.81. The summed E-state index contributed by atoms with van der Waals surface area (Å²) in [5.74, 6) is 0.642. The van der Waals surface area contributed by atoms with Gasteiger partial charge in [-0.2, -0.15) is 0 Å². The first kappa shape index (κ1) is 12.3. The van der Waals surface area contributed by atoms with Crippen LogP contribution in [0.15, 0.2) is 35.1 Å². The van der Waals surface area contributed by atoms with Crippen LogP contribution in [0.3, 0.4) is 0 Å². The van der Waals surface area contributed by atoms with Gasteiger partial charge in [0, 0.05) is 16.9 Å². The maximum atomic E-state index is 13.0. The van der Waals surface area contributed by atoms with Crippen molar-refractivity contribution in [1.82, 2.24) is 15.3 Å². The molecule has 2 rings (SSSR count). The number of imidazole rings is 1. The highest BCUT2D eigenvalue weighted by Gasteiger charge is 2.14. The lowest BCUT2D eigenvalue weighted by Gasteiger charge is -2.14. The summed E-state index contributed by atoms with van der Waals surface area (Å²) in [6.07, 6.45) is 4.25. The standard InChI is InChI=1S/C12H13BrFN3/c1-15-11(12-16-4-5-17-12)6-8-2-3-9(14)7-10(8)13/h2-5,7,11,15H,6H2,1H3,(H,16,17). The van der Waals surface area contributed by atoms with Gasteiger partial charge in [-0.3, -0.25) is 0 Å². The van der Waals surface area contributed by atoms with Gasteiger partial charge < -0.3 is 10.3 Å². The third kappa shape index (κ3) is 2.92. The first-order chi connectivity index (χ1) is 8.20. The number of aromatic nitrogens is 2. The molecular formula is C12H13BrFN3. The van der Waals surface area contributed by atoms with E-state index in [1.165, 1.54) is 12.1 Å². The number of halogens is 2. The second kappa shape index (κ2) is 5.42. The summed E-state index contributed by atoms with van der Waals surface area (Å²) in [6, 6.07) is 4.82. The highest BCUT2D eigenvalue weighted by molar-refractivity contribution is 9.10. The Bertz CT molecular complexity index is 485. The predicted molar refractivity (Wildman–Crippen MR) is 68.2 cm³/mol. The van der Waals surface area contributed by atoms with Crippen LogP contribution in [-0.4, -0.2) is 17.0 Å². The molecule has 1 unspecified atom stereocenters. The van der Waals surface area contributed by atoms with Gasteiger partial charge in [-0.25, -0.2) is 9.37 Å². The summed E-state index contributed by atoms with van der Waals surface area (Å²) in [7, 11) is 1.88. The van der Waals surface area contributed by atoms with Crippen molar-refractivity contribution in [3.63, 3.8) is 0 Å². The zero-order valence-electron chi connectivity index (χ0n) is 9.37. The van der Waals surface area contributed by atoms with Crippen LogP contribution in [0.1, 0.15) is 17.4 Å². The Morgan fingerprint density at radius 1 is 1.53 bits per heavy atom. The Labute approximate surface area is 108 Å². The zero-order chi connectivity index (χ0) is 12.3. The summed E-state index contributed by atoms with van der Waals surface area (Å²) in [4.78, 5) is 7.30. The number of likely N-dealkylation sites (N-methyl/N-ethyl adjacent to an activating group) is 1. The number of rotatable bonds is 4. The molecule has 0 aliphatic heterocycles. The van der Waals surface area contributed by atoms with Crippen LogP contribution in [0, 0.1) is 5.82 Å². The van der Waals surface area contributed by atoms with E-state index >= 15 is 0 Å². The number of nitrogens with one attached hydrogen (secondary N) is 2. The van der Waals surface area contributed by atoms with Crippen LogP contribution in [0.5, 0.6) is 0 Å². The zero-order valence-corrected chi connectivity index (χ0v) is 11.0. The van der Waals surface area contributed by atoms with Crippen molar-refractivity contribution < 1.29 is 4.39 Å². The van der Waals surface area contributed by atoms with Crippen molar-refractivity contribution in [2.24, 2.45) is 0 Å². The van der Waals surface area contributed by atoms with Gasteiger partial charge in [-0.1, -0.05) is 22.0 Å². The Morgan fingerprint density at radius 3 is 2.94 bits per heavy atom. The van der Waals surface area contributed by atoms with Crippen molar-refractivity contribution in [3.8, 4) is 0 Å². The Kier molecular flexibility index (Phi) is 3.91. The molecule has 90 valence electrons. The number of nitrogens with zero attached hydrogens (tertiary/aromatic N) is 1. The number of H-pyrrole nitrogens is 1. The summed E-state index contributed by atoms with van der Waals surface area (Å²) < 4.78 is 13.8. The quantitative estimate of drug-likeness (QED) is 0.911. The van der Waals surface area contributed by atoms with Crippen LogP contribution in [0.2, 0.25) is 0 Å². The fourth-order valence-corrected chi connectivity index (χ4v) is 2.22. The molecular weight excluding hydrogens is 285 g/mol. The second-order valence-electron chi connectivity index (χ2n) is 3.76. The molecule has 2 N–H and O–H groups in total. The largest absolute Gasteiger partial charge is 0.347 e. The maximum absolute atomic E-state index is 13.0. The van der Waals surface area contributed by atoms with Gasteiger partial charge in [0.2, 0.25) is 0 Å². The summed E-state index contributed by atoms with van der Waals surface area (Å²) >= 11 is 3.37. The molecule has 0 fully saturated rings. The van der Waals surface area contributed by atoms with Crippen molar-refractivity contribution >= 4 is 15.9 Å². The monoisotopic (exact) mass is 297 g/mol. The number of hydrogen-bond donors (Lipinski definition) is 2. The molecule has 0 radical (unpaired) electrons. The second-order valence-corrected chi connectivity index (χ2v) is 4.61. The lowest BCUT2D eigenvalue weighted by molar-refractivity contribution is 0.560. The molecule has 3 nitrogen and oxygen atoms in total. The molecule has 2 aromatic rings. The van der Waals surface area contributed by atoms with E-state index in [2.05, 4.69) is 31.2 Å². The molecule has 1 aromatic heterocycles. The summed E-state index contributed by atoms with van der Waals surface area (Å²) in [6.45, 7) is 0. The SMILES string of the molecule is CNC(Cc1ccc(F)cc1Br)c1ncc[nH]1. The molecule has 0 saturated carbocycles. The van der Waals surface area contributed by atoms with Gasteiger partial charge >= 0.3 is 0 Å². The molecule has 1 heterocycles. The van der Waals surface area contributed by atoms with Crippen LogP contribution >= 0.6 is 15.9 Å². The Hall–Kier alpha value is -1.20. The summed E-state index contributed by atoms with van der Waals surface area (Å²) in [5.41, 5.74) is 1.04. The summed E-state index contributed by atoms with van der Waals surface area (Å²) in [5, 5.41) is 3.19. The molecule has 0 amide bonds. The van der Waals surface area contributed by atoms with Crippen molar-refractivity contribution in [3.05, 3.63) is 52.3 Å². The average molecular weight is 298 g/mol. The highest BCUT2D eigenvalue weighted by Crippen LogP contribution is 2.23. The minimum Gasteiger partial charge on any atom is -0.347 e. The highest BCUT2D eigenvalue weighted by atomic mass is 79.9. The molecule has 1 aromatic carbocycles. The molecule has 0 saturated heterocycles. The van der Waals surface area contributed by atoms with Crippen molar-refractivity contribution in [2.75, 3.05) is 7.05 Å². The fourth-order valence-electron chi connectivity index (χ4n) is 1.71. The lowest BCUT2D eigenvalue weighted by atomic mass is 10.1. The van der Waals surface area contributed by atoms with E-state index in [1.54, 1.807) is 18.5 Å². The Morgan fingerprint density at radius 2 is 2.35 bits per heavy atom. The minimum absolute atomic E-state index is 0.0896. The van der Waals surface area contributed by atoms with Crippen molar-refractivity contribution in [1.29, 1.82) is 0 Å². The third-order valence-corrected chi connectivity index (χ3v) is 3.38. The van der Waals surface area contributed by atoms with E-state index < -0.39 is 0 Å². The van der Waals surface area contributed by atoms with E-state index in [4.69, 9.17) is 0 Å². The first-order valence-corrected chi connectivity index (χ1v) is 6.10. The van der Waals surface area contributed by atoms with Crippen LogP contribution < -0.4 is 5.32 Å². The number of benzene rings is 1. The Balaban J connectivity index is 2.19. The van der Waals surface area contributed by atoms with Gasteiger partial charge in [-0.05, 0) is 31.2 Å². The van der Waals surface area contributed by atoms with Gasteiger partial charge in [0.1, 0.15) is 11.6 Å². The van der Waals surface area contributed by atoms with Gasteiger partial charge in [-0.15, -0.1) is 0 Å². The van der Waals surface area contributed by atoms with Crippen molar-refractivity contribution in [2.45, 2.75) is 12.5 Å². The molecule has 1 atom stereocenters.